The molecule has 1 fully saturated rings. The number of halogens is 5. The van der Waals surface area contributed by atoms with Crippen LogP contribution in [0.15, 0.2) is 28.2 Å². The second-order valence-corrected chi connectivity index (χ2v) is 5.80. The number of ether oxygens (including phenoxy) is 1. The fourth-order valence-electron chi connectivity index (χ4n) is 2.51. The average molecular weight is 398 g/mol. The van der Waals surface area contributed by atoms with Crippen LogP contribution < -0.4 is 16.2 Å². The zero-order valence-electron chi connectivity index (χ0n) is 14.0. The van der Waals surface area contributed by atoms with Crippen molar-refractivity contribution in [3.63, 3.8) is 0 Å². The molecule has 0 spiro atoms. The summed E-state index contributed by atoms with van der Waals surface area (Å²) in [4.78, 5) is 9.66. The van der Waals surface area contributed by atoms with Gasteiger partial charge in [-0.1, -0.05) is 6.92 Å². The Morgan fingerprint density at radius 1 is 1.31 bits per heavy atom. The minimum atomic E-state index is -4.98. The molecule has 1 saturated heterocycles. The van der Waals surface area contributed by atoms with Crippen molar-refractivity contribution in [1.82, 2.24) is 4.90 Å². The van der Waals surface area contributed by atoms with E-state index in [0.717, 1.165) is 44.1 Å². The number of nitrogens with zero attached hydrogens (tertiary/aromatic N) is 3. The van der Waals surface area contributed by atoms with E-state index in [2.05, 4.69) is 21.6 Å². The van der Waals surface area contributed by atoms with E-state index in [1.807, 2.05) is 4.90 Å². The molecular weight excluding hydrogens is 378 g/mol. The number of likely N-dealkylation sites (tertiary alicyclic amines) is 1. The zero-order chi connectivity index (χ0) is 18.6. The topological polar surface area (TPSA) is 89.2 Å². The standard InChI is InChI=1S/C15H19F4N5O.ClH/c1-9-3-2-6-24(8-9)14(21)23-13(20)22-10-4-5-12(11(16)7-10)25-15(17,18)19;/h4-5,7,9H,2-3,6,8H2,1H3,(H4,20,21,22,23);1H. The van der Waals surface area contributed by atoms with Crippen LogP contribution in [-0.4, -0.2) is 36.3 Å². The first-order chi connectivity index (χ1) is 11.6. The third-order valence-electron chi connectivity index (χ3n) is 3.59. The molecule has 26 heavy (non-hydrogen) atoms. The number of nitrogens with two attached hydrogens (primary N) is 2. The van der Waals surface area contributed by atoms with E-state index >= 15 is 0 Å². The Kier molecular flexibility index (Phi) is 7.49. The molecule has 11 heteroatoms. The van der Waals surface area contributed by atoms with Crippen molar-refractivity contribution in [3.05, 3.63) is 24.0 Å². The minimum Gasteiger partial charge on any atom is -0.403 e. The maximum atomic E-state index is 13.6. The highest BCUT2D eigenvalue weighted by atomic mass is 35.5. The van der Waals surface area contributed by atoms with E-state index < -0.39 is 17.9 Å². The molecule has 0 aliphatic carbocycles. The van der Waals surface area contributed by atoms with Gasteiger partial charge in [0.25, 0.3) is 0 Å². The van der Waals surface area contributed by atoms with Gasteiger partial charge in [-0.15, -0.1) is 25.6 Å². The molecule has 146 valence electrons. The third kappa shape index (κ3) is 6.58. The van der Waals surface area contributed by atoms with Crippen LogP contribution in [0.4, 0.5) is 23.2 Å². The predicted octanol–water partition coefficient (Wildman–Crippen LogP) is 3.14. The summed E-state index contributed by atoms with van der Waals surface area (Å²) in [6.07, 6.45) is -2.88. The van der Waals surface area contributed by atoms with Crippen LogP contribution in [0.1, 0.15) is 19.8 Å². The van der Waals surface area contributed by atoms with Gasteiger partial charge in [0, 0.05) is 19.2 Å². The highest BCUT2D eigenvalue weighted by Gasteiger charge is 2.32. The summed E-state index contributed by atoms with van der Waals surface area (Å²) in [5, 5.41) is 0. The van der Waals surface area contributed by atoms with Crippen molar-refractivity contribution in [2.24, 2.45) is 27.4 Å². The second-order valence-electron chi connectivity index (χ2n) is 5.80. The molecule has 1 atom stereocenters. The van der Waals surface area contributed by atoms with Crippen molar-refractivity contribution in [2.45, 2.75) is 26.1 Å². The molecule has 1 aromatic rings. The molecule has 4 N–H and O–H groups in total. The van der Waals surface area contributed by atoms with E-state index in [1.54, 1.807) is 0 Å². The number of rotatable bonds is 2. The molecule has 2 rings (SSSR count). The van der Waals surface area contributed by atoms with Crippen molar-refractivity contribution < 1.29 is 22.3 Å². The summed E-state index contributed by atoms with van der Waals surface area (Å²) in [6.45, 7) is 3.61. The Bertz CT molecular complexity index is 680. The number of aliphatic imine (C=N–C) groups is 2. The Morgan fingerprint density at radius 2 is 2.00 bits per heavy atom. The van der Waals surface area contributed by atoms with Crippen LogP contribution in [-0.2, 0) is 0 Å². The van der Waals surface area contributed by atoms with Crippen molar-refractivity contribution in [2.75, 3.05) is 13.1 Å². The van der Waals surface area contributed by atoms with Crippen molar-refractivity contribution >= 4 is 30.0 Å². The van der Waals surface area contributed by atoms with Gasteiger partial charge in [0.05, 0.1) is 5.69 Å². The number of hydrogen-bond donors (Lipinski definition) is 2. The van der Waals surface area contributed by atoms with Crippen molar-refractivity contribution in [1.29, 1.82) is 0 Å². The minimum absolute atomic E-state index is 0. The molecule has 0 saturated carbocycles. The zero-order valence-corrected chi connectivity index (χ0v) is 14.8. The molecule has 0 aromatic heterocycles. The summed E-state index contributed by atoms with van der Waals surface area (Å²) in [6, 6.07) is 2.71. The summed E-state index contributed by atoms with van der Waals surface area (Å²) < 4.78 is 53.5. The fourth-order valence-corrected chi connectivity index (χ4v) is 2.51. The number of hydrogen-bond acceptors (Lipinski definition) is 2. The van der Waals surface area contributed by atoms with E-state index in [0.29, 0.717) is 5.92 Å². The summed E-state index contributed by atoms with van der Waals surface area (Å²) in [5.74, 6) is -1.70. The lowest BCUT2D eigenvalue weighted by molar-refractivity contribution is -0.275. The number of alkyl halides is 3. The number of benzene rings is 1. The van der Waals surface area contributed by atoms with E-state index in [1.165, 1.54) is 0 Å². The normalized spacial score (nSPS) is 19.1. The monoisotopic (exact) mass is 397 g/mol. The first kappa shape index (κ1) is 21.8. The largest absolute Gasteiger partial charge is 0.573 e. The molecule has 0 bridgehead atoms. The van der Waals surface area contributed by atoms with Gasteiger partial charge in [0.1, 0.15) is 0 Å². The van der Waals surface area contributed by atoms with Gasteiger partial charge in [-0.3, -0.25) is 0 Å². The van der Waals surface area contributed by atoms with Gasteiger partial charge >= 0.3 is 6.36 Å². The Hall–Kier alpha value is -2.23. The lowest BCUT2D eigenvalue weighted by atomic mass is 10.0. The second kappa shape index (κ2) is 8.93. The highest BCUT2D eigenvalue weighted by Crippen LogP contribution is 2.28. The molecule has 0 radical (unpaired) electrons. The van der Waals surface area contributed by atoms with Crippen molar-refractivity contribution in [3.8, 4) is 5.75 Å². The first-order valence-electron chi connectivity index (χ1n) is 7.62. The molecule has 1 aromatic carbocycles. The van der Waals surface area contributed by atoms with Gasteiger partial charge < -0.3 is 21.1 Å². The molecule has 1 aliphatic heterocycles. The molecule has 1 heterocycles. The highest BCUT2D eigenvalue weighted by molar-refractivity contribution is 5.94. The summed E-state index contributed by atoms with van der Waals surface area (Å²) >= 11 is 0. The van der Waals surface area contributed by atoms with E-state index in [-0.39, 0.29) is 30.0 Å². The van der Waals surface area contributed by atoms with Crippen LogP contribution in [0.25, 0.3) is 0 Å². The maximum absolute atomic E-state index is 13.6. The van der Waals surface area contributed by atoms with Gasteiger partial charge in [-0.2, -0.15) is 4.99 Å². The number of guanidine groups is 2. The van der Waals surface area contributed by atoms with E-state index in [4.69, 9.17) is 11.5 Å². The molecule has 1 unspecified atom stereocenters. The van der Waals surface area contributed by atoms with E-state index in [9.17, 15) is 17.6 Å². The SMILES string of the molecule is CC1CCCN(C(N)=NC(N)=Nc2ccc(OC(F)(F)F)c(F)c2)C1.Cl. The van der Waals surface area contributed by atoms with Gasteiger partial charge in [-0.25, -0.2) is 9.38 Å². The van der Waals surface area contributed by atoms with Gasteiger partial charge in [0.2, 0.25) is 5.96 Å². The number of piperidine rings is 1. The van der Waals surface area contributed by atoms with Crippen LogP contribution in [0.5, 0.6) is 5.75 Å². The van der Waals surface area contributed by atoms with Gasteiger partial charge in [0.15, 0.2) is 17.5 Å². The molecule has 0 amide bonds. The molecular formula is C15H20ClF4N5O. The Morgan fingerprint density at radius 3 is 2.58 bits per heavy atom. The summed E-state index contributed by atoms with van der Waals surface area (Å²) in [5.41, 5.74) is 11.5. The quantitative estimate of drug-likeness (QED) is 0.456. The lowest BCUT2D eigenvalue weighted by Crippen LogP contribution is -2.44. The van der Waals surface area contributed by atoms with Crippen LogP contribution in [0.3, 0.4) is 0 Å². The Labute approximate surface area is 154 Å². The lowest BCUT2D eigenvalue weighted by Gasteiger charge is -2.31. The maximum Gasteiger partial charge on any atom is 0.573 e. The fraction of sp³-hybridized carbons (Fsp3) is 0.467. The molecule has 1 aliphatic rings. The summed E-state index contributed by atoms with van der Waals surface area (Å²) in [7, 11) is 0. The third-order valence-corrected chi connectivity index (χ3v) is 3.59. The predicted molar refractivity (Wildman–Crippen MR) is 93.2 cm³/mol. The van der Waals surface area contributed by atoms with Gasteiger partial charge in [-0.05, 0) is 30.9 Å². The first-order valence-corrected chi connectivity index (χ1v) is 7.62. The molecule has 6 nitrogen and oxygen atoms in total. The van der Waals surface area contributed by atoms with Crippen LogP contribution in [0, 0.1) is 11.7 Å². The smallest absolute Gasteiger partial charge is 0.403 e. The van der Waals surface area contributed by atoms with Crippen LogP contribution >= 0.6 is 12.4 Å². The Balaban J connectivity index is 0.00000338. The van der Waals surface area contributed by atoms with Crippen LogP contribution in [0.2, 0.25) is 0 Å². The average Bonchev–Trinajstić information content (AvgIpc) is 2.48.